The predicted molar refractivity (Wildman–Crippen MR) is 153 cm³/mol. The van der Waals surface area contributed by atoms with Crippen molar-refractivity contribution in [3.8, 4) is 11.5 Å². The third-order valence-corrected chi connectivity index (χ3v) is 8.54. The van der Waals surface area contributed by atoms with Crippen LogP contribution in [0.4, 0.5) is 0 Å². The number of benzene rings is 1. The molecule has 0 bridgehead atoms. The molecule has 0 aliphatic carbocycles. The van der Waals surface area contributed by atoms with Crippen LogP contribution in [-0.2, 0) is 20.8 Å². The quantitative estimate of drug-likeness (QED) is 0.389. The van der Waals surface area contributed by atoms with E-state index in [9.17, 15) is 9.59 Å². The fourth-order valence-corrected chi connectivity index (χ4v) is 6.64. The van der Waals surface area contributed by atoms with Crippen LogP contribution in [0.1, 0.15) is 55.2 Å². The van der Waals surface area contributed by atoms with Crippen molar-refractivity contribution < 1.29 is 23.7 Å². The number of carbonyl (C=O) groups excluding carboxylic acids is 1. The van der Waals surface area contributed by atoms with Gasteiger partial charge >= 0.3 is 5.97 Å². The SMILES string of the molecule is CCOC(=O)C1=C(C)N=c2sc(=Cc3cc(C)n(CC4CCCO4)c3C)c(=O)n2C1c1cccc(OC)c1OC. The largest absolute Gasteiger partial charge is 0.493 e. The highest BCUT2D eigenvalue weighted by Crippen LogP contribution is 2.40. The van der Waals surface area contributed by atoms with Crippen molar-refractivity contribution in [2.24, 2.45) is 4.99 Å². The number of hydrogen-bond acceptors (Lipinski definition) is 8. The Kier molecular flexibility index (Phi) is 8.00. The van der Waals surface area contributed by atoms with Crippen LogP contribution in [0.3, 0.4) is 0 Å². The summed E-state index contributed by atoms with van der Waals surface area (Å²) in [5.74, 6) is 0.419. The van der Waals surface area contributed by atoms with Gasteiger partial charge in [-0.3, -0.25) is 9.36 Å². The van der Waals surface area contributed by atoms with Gasteiger partial charge in [-0.2, -0.15) is 0 Å². The molecule has 4 heterocycles. The van der Waals surface area contributed by atoms with Gasteiger partial charge < -0.3 is 23.5 Å². The number of aromatic nitrogens is 2. The Bertz CT molecular complexity index is 1660. The number of thiazole rings is 1. The number of ether oxygens (including phenoxy) is 4. The van der Waals surface area contributed by atoms with E-state index in [1.807, 2.05) is 18.2 Å². The third-order valence-electron chi connectivity index (χ3n) is 7.55. The Morgan fingerprint density at radius 3 is 2.70 bits per heavy atom. The molecule has 5 rings (SSSR count). The molecule has 0 N–H and O–H groups in total. The number of rotatable bonds is 8. The summed E-state index contributed by atoms with van der Waals surface area (Å²) >= 11 is 1.30. The molecular weight excluding hydrogens is 530 g/mol. The molecule has 10 heteroatoms. The lowest BCUT2D eigenvalue weighted by molar-refractivity contribution is -0.139. The smallest absolute Gasteiger partial charge is 0.338 e. The molecule has 1 aromatic carbocycles. The van der Waals surface area contributed by atoms with Crippen LogP contribution >= 0.6 is 11.3 Å². The predicted octanol–water partition coefficient (Wildman–Crippen LogP) is 3.41. The van der Waals surface area contributed by atoms with Crippen LogP contribution in [0.5, 0.6) is 11.5 Å². The van der Waals surface area contributed by atoms with Gasteiger partial charge in [0.05, 0.1) is 42.7 Å². The molecule has 2 unspecified atom stereocenters. The van der Waals surface area contributed by atoms with Gasteiger partial charge in [0.1, 0.15) is 6.04 Å². The lowest BCUT2D eigenvalue weighted by Gasteiger charge is -2.26. The van der Waals surface area contributed by atoms with Gasteiger partial charge in [0.25, 0.3) is 5.56 Å². The molecule has 212 valence electrons. The molecule has 2 aromatic heterocycles. The van der Waals surface area contributed by atoms with Crippen LogP contribution < -0.4 is 24.4 Å². The number of carbonyl (C=O) groups is 1. The van der Waals surface area contributed by atoms with E-state index in [-0.39, 0.29) is 18.3 Å². The normalized spacial score (nSPS) is 19.0. The van der Waals surface area contributed by atoms with Gasteiger partial charge in [-0.1, -0.05) is 23.5 Å². The first-order valence-electron chi connectivity index (χ1n) is 13.5. The summed E-state index contributed by atoms with van der Waals surface area (Å²) in [6, 6.07) is 6.72. The number of allylic oxidation sites excluding steroid dienone is 1. The van der Waals surface area contributed by atoms with Gasteiger partial charge in [-0.05, 0) is 64.3 Å². The van der Waals surface area contributed by atoms with Crippen LogP contribution in [0.25, 0.3) is 6.08 Å². The van der Waals surface area contributed by atoms with Crippen molar-refractivity contribution in [1.82, 2.24) is 9.13 Å². The second-order valence-corrected chi connectivity index (χ2v) is 11.0. The highest BCUT2D eigenvalue weighted by molar-refractivity contribution is 7.07. The number of hydrogen-bond donors (Lipinski definition) is 0. The first-order chi connectivity index (χ1) is 19.3. The number of fused-ring (bicyclic) bond motifs is 1. The molecule has 40 heavy (non-hydrogen) atoms. The van der Waals surface area contributed by atoms with E-state index in [4.69, 9.17) is 18.9 Å². The second-order valence-electron chi connectivity index (χ2n) is 9.96. The average Bonchev–Trinajstić information content (AvgIpc) is 3.63. The van der Waals surface area contributed by atoms with Crippen molar-refractivity contribution in [2.75, 3.05) is 27.4 Å². The van der Waals surface area contributed by atoms with E-state index in [0.29, 0.717) is 37.7 Å². The Labute approximate surface area is 237 Å². The maximum atomic E-state index is 14.1. The zero-order chi connectivity index (χ0) is 28.6. The number of esters is 1. The lowest BCUT2D eigenvalue weighted by atomic mass is 9.94. The van der Waals surface area contributed by atoms with Crippen molar-refractivity contribution in [3.05, 3.63) is 77.7 Å². The molecule has 1 fully saturated rings. The minimum atomic E-state index is -0.797. The summed E-state index contributed by atoms with van der Waals surface area (Å²) < 4.78 is 26.9. The van der Waals surface area contributed by atoms with Crippen LogP contribution in [0, 0.1) is 13.8 Å². The summed E-state index contributed by atoms with van der Waals surface area (Å²) in [6.07, 6.45) is 4.28. The fraction of sp³-hybridized carbons (Fsp3) is 0.433. The van der Waals surface area contributed by atoms with Gasteiger partial charge in [0, 0.05) is 30.1 Å². The summed E-state index contributed by atoms with van der Waals surface area (Å²) in [4.78, 5) is 32.5. The zero-order valence-electron chi connectivity index (χ0n) is 23.8. The molecule has 0 saturated carbocycles. The fourth-order valence-electron chi connectivity index (χ4n) is 5.60. The highest BCUT2D eigenvalue weighted by Gasteiger charge is 2.36. The molecular formula is C30H35N3O6S. The van der Waals surface area contributed by atoms with E-state index < -0.39 is 12.0 Å². The number of nitrogens with zero attached hydrogens (tertiary/aromatic N) is 3. The Balaban J connectivity index is 1.68. The summed E-state index contributed by atoms with van der Waals surface area (Å²) in [7, 11) is 3.09. The first-order valence-corrected chi connectivity index (χ1v) is 14.3. The first kappa shape index (κ1) is 27.9. The maximum absolute atomic E-state index is 14.1. The number of methoxy groups -OCH3 is 2. The van der Waals surface area contributed by atoms with Crippen molar-refractivity contribution in [3.63, 3.8) is 0 Å². The Hall–Kier alpha value is -3.63. The molecule has 2 atom stereocenters. The summed E-state index contributed by atoms with van der Waals surface area (Å²) in [5, 5.41) is 0. The lowest BCUT2D eigenvalue weighted by Crippen LogP contribution is -2.40. The average molecular weight is 566 g/mol. The van der Waals surface area contributed by atoms with Crippen molar-refractivity contribution >= 4 is 23.4 Å². The third kappa shape index (κ3) is 4.90. The van der Waals surface area contributed by atoms with Crippen molar-refractivity contribution in [2.45, 2.75) is 59.2 Å². The summed E-state index contributed by atoms with van der Waals surface area (Å²) in [6.45, 7) is 9.46. The minimum absolute atomic E-state index is 0.198. The molecule has 2 aliphatic rings. The molecule has 0 amide bonds. The molecule has 1 saturated heterocycles. The van der Waals surface area contributed by atoms with E-state index in [2.05, 4.69) is 29.5 Å². The Morgan fingerprint density at radius 2 is 2.02 bits per heavy atom. The number of para-hydroxylation sites is 1. The van der Waals surface area contributed by atoms with Crippen molar-refractivity contribution in [1.29, 1.82) is 0 Å². The van der Waals surface area contributed by atoms with E-state index in [1.54, 1.807) is 31.6 Å². The number of aryl methyl sites for hydroxylation is 1. The van der Waals surface area contributed by atoms with Gasteiger partial charge in [0.2, 0.25) is 0 Å². The molecule has 3 aromatic rings. The van der Waals surface area contributed by atoms with E-state index in [0.717, 1.165) is 42.9 Å². The van der Waals surface area contributed by atoms with Gasteiger partial charge in [0.15, 0.2) is 16.3 Å². The standard InChI is InChI=1S/C30H35N3O6S/c1-7-38-29(35)25-18(3)31-30-33(26(25)22-11-8-12-23(36-5)27(22)37-6)28(34)24(40-30)15-20-14-17(2)32(19(20)4)16-21-10-9-13-39-21/h8,11-12,14-15,21,26H,7,9-10,13,16H2,1-6H3. The van der Waals surface area contributed by atoms with Gasteiger partial charge in [-0.15, -0.1) is 0 Å². The topological polar surface area (TPSA) is 93.3 Å². The molecule has 0 radical (unpaired) electrons. The van der Waals surface area contributed by atoms with E-state index >= 15 is 0 Å². The van der Waals surface area contributed by atoms with E-state index in [1.165, 1.54) is 18.4 Å². The van der Waals surface area contributed by atoms with Crippen LogP contribution in [0.15, 0.2) is 45.3 Å². The van der Waals surface area contributed by atoms with Crippen LogP contribution in [-0.4, -0.2) is 48.6 Å². The molecule has 2 aliphatic heterocycles. The molecule has 0 spiro atoms. The summed E-state index contributed by atoms with van der Waals surface area (Å²) in [5.41, 5.74) is 4.33. The maximum Gasteiger partial charge on any atom is 0.338 e. The molecule has 9 nitrogen and oxygen atoms in total. The Morgan fingerprint density at radius 1 is 1.23 bits per heavy atom. The zero-order valence-corrected chi connectivity index (χ0v) is 24.6. The minimum Gasteiger partial charge on any atom is -0.493 e. The second kappa shape index (κ2) is 11.5. The van der Waals surface area contributed by atoms with Gasteiger partial charge in [-0.25, -0.2) is 9.79 Å². The monoisotopic (exact) mass is 565 g/mol. The highest BCUT2D eigenvalue weighted by atomic mass is 32.1. The van der Waals surface area contributed by atoms with Crippen LogP contribution in [0.2, 0.25) is 0 Å².